The highest BCUT2D eigenvalue weighted by atomic mass is 16.6. The van der Waals surface area contributed by atoms with Gasteiger partial charge in [-0.2, -0.15) is 5.10 Å². The Balaban J connectivity index is 1.97. The Morgan fingerprint density at radius 1 is 1.52 bits per heavy atom. The number of nitrogens with zero attached hydrogens (tertiary/aromatic N) is 2. The molecule has 2 heterocycles. The first-order chi connectivity index (χ1) is 10.8. The summed E-state index contributed by atoms with van der Waals surface area (Å²) in [5, 5.41) is 3.98. The molecule has 0 saturated carbocycles. The molecule has 6 nitrogen and oxygen atoms in total. The number of hydrogen-bond acceptors (Lipinski definition) is 4. The van der Waals surface area contributed by atoms with Gasteiger partial charge in [-0.05, 0) is 53.5 Å². The second kappa shape index (κ2) is 7.17. The lowest BCUT2D eigenvalue weighted by molar-refractivity contribution is 0.0529. The van der Waals surface area contributed by atoms with Crippen LogP contribution in [0.1, 0.15) is 50.6 Å². The van der Waals surface area contributed by atoms with E-state index in [-0.39, 0.29) is 0 Å². The SMILES string of the molecule is Cc1cc(/C=N\NC(=O)OC(C)(C)C)c(C)n1C[C@H]1CCCO1. The minimum atomic E-state index is -0.554. The van der Waals surface area contributed by atoms with E-state index in [4.69, 9.17) is 9.47 Å². The number of aryl methyl sites for hydroxylation is 1. The van der Waals surface area contributed by atoms with Crippen LogP contribution >= 0.6 is 0 Å². The molecule has 0 aromatic carbocycles. The molecule has 1 aromatic heterocycles. The minimum Gasteiger partial charge on any atom is -0.443 e. The predicted molar refractivity (Wildman–Crippen MR) is 89.8 cm³/mol. The summed E-state index contributed by atoms with van der Waals surface area (Å²) in [4.78, 5) is 11.6. The van der Waals surface area contributed by atoms with E-state index in [9.17, 15) is 4.79 Å². The molecule has 1 fully saturated rings. The van der Waals surface area contributed by atoms with Crippen LogP contribution in [0.4, 0.5) is 4.79 Å². The predicted octanol–water partition coefficient (Wildman–Crippen LogP) is 3.14. The molecule has 0 spiro atoms. The average Bonchev–Trinajstić information content (AvgIpc) is 3.01. The smallest absolute Gasteiger partial charge is 0.428 e. The van der Waals surface area contributed by atoms with Gasteiger partial charge in [-0.15, -0.1) is 0 Å². The summed E-state index contributed by atoms with van der Waals surface area (Å²) in [7, 11) is 0. The Kier molecular flexibility index (Phi) is 5.46. The Morgan fingerprint density at radius 2 is 2.26 bits per heavy atom. The Morgan fingerprint density at radius 3 is 2.87 bits per heavy atom. The first-order valence-corrected chi connectivity index (χ1v) is 8.06. The van der Waals surface area contributed by atoms with Crippen molar-refractivity contribution in [2.24, 2.45) is 5.10 Å². The van der Waals surface area contributed by atoms with E-state index in [0.717, 1.165) is 42.9 Å². The molecule has 1 saturated heterocycles. The van der Waals surface area contributed by atoms with Gasteiger partial charge in [0.25, 0.3) is 0 Å². The maximum atomic E-state index is 11.6. The number of rotatable bonds is 4. The lowest BCUT2D eigenvalue weighted by Crippen LogP contribution is -2.29. The maximum Gasteiger partial charge on any atom is 0.428 e. The summed E-state index contributed by atoms with van der Waals surface area (Å²) in [6.07, 6.45) is 3.64. The summed E-state index contributed by atoms with van der Waals surface area (Å²) in [6, 6.07) is 2.06. The molecule has 23 heavy (non-hydrogen) atoms. The van der Waals surface area contributed by atoms with Gasteiger partial charge in [-0.3, -0.25) is 0 Å². The highest BCUT2D eigenvalue weighted by Gasteiger charge is 2.19. The number of hydrogen-bond donors (Lipinski definition) is 1. The molecule has 0 aliphatic carbocycles. The van der Waals surface area contributed by atoms with Gasteiger partial charge in [-0.1, -0.05) is 0 Å². The number of carbonyl (C=O) groups is 1. The van der Waals surface area contributed by atoms with Crippen LogP contribution < -0.4 is 5.43 Å². The van der Waals surface area contributed by atoms with Crippen LogP contribution in [0.3, 0.4) is 0 Å². The van der Waals surface area contributed by atoms with Gasteiger partial charge >= 0.3 is 6.09 Å². The fourth-order valence-electron chi connectivity index (χ4n) is 2.69. The van der Waals surface area contributed by atoms with Crippen molar-refractivity contribution in [2.45, 2.75) is 65.7 Å². The minimum absolute atomic E-state index is 0.296. The van der Waals surface area contributed by atoms with Gasteiger partial charge in [0.2, 0.25) is 0 Å². The van der Waals surface area contributed by atoms with E-state index in [1.807, 2.05) is 20.8 Å². The van der Waals surface area contributed by atoms with Crippen molar-refractivity contribution in [2.75, 3.05) is 6.61 Å². The zero-order valence-corrected chi connectivity index (χ0v) is 14.7. The molecule has 1 aliphatic rings. The van der Waals surface area contributed by atoms with Gasteiger partial charge < -0.3 is 14.0 Å². The molecular formula is C17H27N3O3. The second-order valence-corrected chi connectivity index (χ2v) is 6.94. The topological polar surface area (TPSA) is 64.8 Å². The van der Waals surface area contributed by atoms with Crippen LogP contribution in [-0.2, 0) is 16.0 Å². The fourth-order valence-corrected chi connectivity index (χ4v) is 2.69. The summed E-state index contributed by atoms with van der Waals surface area (Å²) in [5.41, 5.74) is 5.12. The van der Waals surface area contributed by atoms with E-state index >= 15 is 0 Å². The third-order valence-corrected chi connectivity index (χ3v) is 3.78. The lowest BCUT2D eigenvalue weighted by atomic mass is 10.2. The van der Waals surface area contributed by atoms with Gasteiger partial charge in [-0.25, -0.2) is 10.2 Å². The van der Waals surface area contributed by atoms with E-state index in [2.05, 4.69) is 35.0 Å². The van der Waals surface area contributed by atoms with Crippen molar-refractivity contribution in [3.05, 3.63) is 23.0 Å². The molecule has 1 aliphatic heterocycles. The van der Waals surface area contributed by atoms with Crippen molar-refractivity contribution >= 4 is 12.3 Å². The van der Waals surface area contributed by atoms with Crippen molar-refractivity contribution in [3.63, 3.8) is 0 Å². The van der Waals surface area contributed by atoms with E-state index < -0.39 is 11.7 Å². The van der Waals surface area contributed by atoms with E-state index in [1.165, 1.54) is 0 Å². The molecule has 1 amide bonds. The van der Waals surface area contributed by atoms with Crippen molar-refractivity contribution < 1.29 is 14.3 Å². The monoisotopic (exact) mass is 321 g/mol. The second-order valence-electron chi connectivity index (χ2n) is 6.94. The Hall–Kier alpha value is -1.82. The molecule has 6 heteroatoms. The summed E-state index contributed by atoms with van der Waals surface area (Å²) in [6.45, 7) is 11.3. The normalized spacial score (nSPS) is 18.6. The summed E-state index contributed by atoms with van der Waals surface area (Å²) in [5.74, 6) is 0. The molecule has 2 rings (SSSR count). The van der Waals surface area contributed by atoms with Gasteiger partial charge in [0.15, 0.2) is 0 Å². The van der Waals surface area contributed by atoms with E-state index in [1.54, 1.807) is 6.21 Å². The van der Waals surface area contributed by atoms with Crippen molar-refractivity contribution in [1.82, 2.24) is 9.99 Å². The highest BCUT2D eigenvalue weighted by Crippen LogP contribution is 2.19. The van der Waals surface area contributed by atoms with Crippen molar-refractivity contribution in [1.29, 1.82) is 0 Å². The van der Waals surface area contributed by atoms with Crippen molar-refractivity contribution in [3.8, 4) is 0 Å². The van der Waals surface area contributed by atoms with Gasteiger partial charge in [0.05, 0.1) is 12.3 Å². The van der Waals surface area contributed by atoms with Gasteiger partial charge in [0.1, 0.15) is 5.60 Å². The summed E-state index contributed by atoms with van der Waals surface area (Å²) >= 11 is 0. The maximum absolute atomic E-state index is 11.6. The largest absolute Gasteiger partial charge is 0.443 e. The molecule has 0 radical (unpaired) electrons. The van der Waals surface area contributed by atoms with Crippen LogP contribution in [0.25, 0.3) is 0 Å². The van der Waals surface area contributed by atoms with Crippen LogP contribution in [0, 0.1) is 13.8 Å². The van der Waals surface area contributed by atoms with E-state index in [0.29, 0.717) is 6.10 Å². The number of amides is 1. The molecule has 0 unspecified atom stereocenters. The quantitative estimate of drug-likeness (QED) is 0.684. The number of hydrazone groups is 1. The molecule has 1 N–H and O–H groups in total. The number of nitrogens with one attached hydrogen (secondary N) is 1. The van der Waals surface area contributed by atoms with Gasteiger partial charge in [0, 0.05) is 30.1 Å². The number of carbonyl (C=O) groups excluding carboxylic acids is 1. The molecule has 128 valence electrons. The third-order valence-electron chi connectivity index (χ3n) is 3.78. The first kappa shape index (κ1) is 17.5. The van der Waals surface area contributed by atoms with Crippen LogP contribution in [0.5, 0.6) is 0 Å². The molecule has 0 bridgehead atoms. The fraction of sp³-hybridized carbons (Fsp3) is 0.647. The number of ether oxygens (including phenoxy) is 2. The Bertz CT molecular complexity index is 579. The molecular weight excluding hydrogens is 294 g/mol. The summed E-state index contributed by atoms with van der Waals surface area (Å²) < 4.78 is 13.1. The zero-order chi connectivity index (χ0) is 17.0. The van der Waals surface area contributed by atoms with Crippen LogP contribution in [0.15, 0.2) is 11.2 Å². The molecule has 1 atom stereocenters. The first-order valence-electron chi connectivity index (χ1n) is 8.06. The zero-order valence-electron chi connectivity index (χ0n) is 14.7. The molecule has 1 aromatic rings. The Labute approximate surface area is 137 Å². The average molecular weight is 321 g/mol. The third kappa shape index (κ3) is 5.10. The standard InChI is InChI=1S/C17H27N3O3/c1-12-9-14(10-18-19-16(21)23-17(3,4)5)13(2)20(12)11-15-7-6-8-22-15/h9-10,15H,6-8,11H2,1-5H3,(H,19,21)/b18-10-/t15-/m1/s1. The highest BCUT2D eigenvalue weighted by molar-refractivity contribution is 5.82. The van der Waals surface area contributed by atoms with Crippen LogP contribution in [-0.4, -0.2) is 35.2 Å². The number of aromatic nitrogens is 1. The lowest BCUT2D eigenvalue weighted by Gasteiger charge is -2.18. The van der Waals surface area contributed by atoms with Crippen LogP contribution in [0.2, 0.25) is 0 Å².